The molecule has 1 heterocycles. The number of aliphatic hydroxyl groups excluding tert-OH is 1. The number of hydrogen-bond donors (Lipinski definition) is 2. The lowest BCUT2D eigenvalue weighted by atomic mass is 10.1. The first-order valence-corrected chi connectivity index (χ1v) is 6.35. The van der Waals surface area contributed by atoms with Crippen molar-refractivity contribution >= 4 is 5.91 Å². The molecule has 1 rings (SSSR count). The van der Waals surface area contributed by atoms with Gasteiger partial charge < -0.3 is 15.7 Å². The van der Waals surface area contributed by atoms with Crippen LogP contribution in [0.3, 0.4) is 0 Å². The van der Waals surface area contributed by atoms with E-state index in [2.05, 4.69) is 11.8 Å². The zero-order valence-electron chi connectivity index (χ0n) is 11.1. The van der Waals surface area contributed by atoms with Crippen molar-refractivity contribution in [3.8, 4) is 0 Å². The summed E-state index contributed by atoms with van der Waals surface area (Å²) in [4.78, 5) is 16.0. The quantitative estimate of drug-likeness (QED) is 0.707. The Morgan fingerprint density at radius 1 is 1.47 bits per heavy atom. The molecule has 3 unspecified atom stereocenters. The number of carbonyl (C=O) groups is 1. The van der Waals surface area contributed by atoms with Crippen LogP contribution < -0.4 is 5.73 Å². The molecule has 0 aromatic rings. The van der Waals surface area contributed by atoms with Gasteiger partial charge in [-0.2, -0.15) is 0 Å². The van der Waals surface area contributed by atoms with E-state index in [0.29, 0.717) is 19.0 Å². The fraction of sp³-hybridized carbons (Fsp3) is 0.917. The summed E-state index contributed by atoms with van der Waals surface area (Å²) in [5.74, 6) is 0.142. The van der Waals surface area contributed by atoms with Crippen LogP contribution >= 0.6 is 0 Å². The summed E-state index contributed by atoms with van der Waals surface area (Å²) in [5.41, 5.74) is 5.64. The molecule has 0 aliphatic carbocycles. The maximum Gasteiger partial charge on any atom is 0.224 e. The topological polar surface area (TPSA) is 69.8 Å². The minimum atomic E-state index is -0.316. The Labute approximate surface area is 104 Å². The van der Waals surface area contributed by atoms with Crippen LogP contribution in [-0.4, -0.2) is 65.2 Å². The number of piperazine rings is 1. The van der Waals surface area contributed by atoms with Gasteiger partial charge in [0, 0.05) is 44.7 Å². The van der Waals surface area contributed by atoms with E-state index in [0.717, 1.165) is 19.6 Å². The van der Waals surface area contributed by atoms with Crippen molar-refractivity contribution in [2.75, 3.05) is 26.2 Å². The molecular formula is C12H25N3O2. The molecule has 100 valence electrons. The SMILES string of the molecule is CC(N)CC(=O)N1CCN(CC(C)O)C(C)C1. The standard InChI is InChI=1S/C12H25N3O2/c1-9(13)6-12(17)15-5-4-14(8-11(3)16)10(2)7-15/h9-11,16H,4-8,13H2,1-3H3. The fourth-order valence-corrected chi connectivity index (χ4v) is 2.24. The van der Waals surface area contributed by atoms with E-state index in [-0.39, 0.29) is 18.1 Å². The lowest BCUT2D eigenvalue weighted by Crippen LogP contribution is -2.55. The van der Waals surface area contributed by atoms with E-state index in [1.54, 1.807) is 6.92 Å². The number of nitrogens with zero attached hydrogens (tertiary/aromatic N) is 2. The molecule has 0 aromatic heterocycles. The van der Waals surface area contributed by atoms with Gasteiger partial charge in [0.25, 0.3) is 0 Å². The maximum absolute atomic E-state index is 11.9. The Morgan fingerprint density at radius 2 is 2.12 bits per heavy atom. The predicted octanol–water partition coefficient (Wildman–Crippen LogP) is -0.363. The molecule has 0 bridgehead atoms. The Bertz CT molecular complexity index is 256. The number of rotatable bonds is 4. The Hall–Kier alpha value is -0.650. The second-order valence-electron chi connectivity index (χ2n) is 5.21. The van der Waals surface area contributed by atoms with Gasteiger partial charge in [-0.3, -0.25) is 9.69 Å². The summed E-state index contributed by atoms with van der Waals surface area (Å²) < 4.78 is 0. The first-order chi connectivity index (χ1) is 7.90. The molecule has 3 N–H and O–H groups in total. The number of hydrogen-bond acceptors (Lipinski definition) is 4. The van der Waals surface area contributed by atoms with Crippen molar-refractivity contribution in [3.05, 3.63) is 0 Å². The van der Waals surface area contributed by atoms with Gasteiger partial charge in [0.05, 0.1) is 6.10 Å². The predicted molar refractivity (Wildman–Crippen MR) is 67.6 cm³/mol. The van der Waals surface area contributed by atoms with Gasteiger partial charge in [-0.15, -0.1) is 0 Å². The zero-order valence-corrected chi connectivity index (χ0v) is 11.1. The number of nitrogens with two attached hydrogens (primary N) is 1. The zero-order chi connectivity index (χ0) is 13.0. The molecule has 0 aromatic carbocycles. The summed E-state index contributed by atoms with van der Waals surface area (Å²) in [6.07, 6.45) is 0.104. The molecule has 3 atom stereocenters. The van der Waals surface area contributed by atoms with Crippen molar-refractivity contribution in [1.29, 1.82) is 0 Å². The molecule has 1 aliphatic heterocycles. The highest BCUT2D eigenvalue weighted by atomic mass is 16.3. The van der Waals surface area contributed by atoms with Crippen LogP contribution in [0.25, 0.3) is 0 Å². The Kier molecular flexibility index (Phi) is 5.36. The first-order valence-electron chi connectivity index (χ1n) is 6.35. The van der Waals surface area contributed by atoms with E-state index in [1.807, 2.05) is 11.8 Å². The average Bonchev–Trinajstić information content (AvgIpc) is 2.19. The maximum atomic E-state index is 11.9. The molecule has 0 saturated carbocycles. The minimum Gasteiger partial charge on any atom is -0.392 e. The van der Waals surface area contributed by atoms with Gasteiger partial charge >= 0.3 is 0 Å². The number of carbonyl (C=O) groups excluding carboxylic acids is 1. The summed E-state index contributed by atoms with van der Waals surface area (Å²) >= 11 is 0. The molecule has 5 nitrogen and oxygen atoms in total. The van der Waals surface area contributed by atoms with Crippen molar-refractivity contribution in [2.24, 2.45) is 5.73 Å². The number of aliphatic hydroxyl groups is 1. The van der Waals surface area contributed by atoms with Crippen LogP contribution in [0.1, 0.15) is 27.2 Å². The summed E-state index contributed by atoms with van der Waals surface area (Å²) in [5, 5.41) is 9.38. The Balaban J connectivity index is 2.43. The molecule has 0 radical (unpaired) electrons. The lowest BCUT2D eigenvalue weighted by molar-refractivity contribution is -0.134. The van der Waals surface area contributed by atoms with Crippen LogP contribution in [0.15, 0.2) is 0 Å². The van der Waals surface area contributed by atoms with E-state index in [9.17, 15) is 9.90 Å². The van der Waals surface area contributed by atoms with Gasteiger partial charge in [0.1, 0.15) is 0 Å². The molecule has 1 aliphatic rings. The first kappa shape index (κ1) is 14.4. The summed E-state index contributed by atoms with van der Waals surface area (Å²) in [6.45, 7) is 8.72. The van der Waals surface area contributed by atoms with Crippen LogP contribution in [0, 0.1) is 0 Å². The molecule has 17 heavy (non-hydrogen) atoms. The van der Waals surface area contributed by atoms with E-state index in [4.69, 9.17) is 5.73 Å². The van der Waals surface area contributed by atoms with Crippen LogP contribution in [0.2, 0.25) is 0 Å². The van der Waals surface area contributed by atoms with Gasteiger partial charge in [0.2, 0.25) is 5.91 Å². The summed E-state index contributed by atoms with van der Waals surface area (Å²) in [7, 11) is 0. The van der Waals surface area contributed by atoms with Gasteiger partial charge in [-0.05, 0) is 20.8 Å². The highest BCUT2D eigenvalue weighted by molar-refractivity contribution is 5.76. The fourth-order valence-electron chi connectivity index (χ4n) is 2.24. The highest BCUT2D eigenvalue weighted by Gasteiger charge is 2.27. The third kappa shape index (κ3) is 4.61. The molecule has 1 saturated heterocycles. The normalized spacial score (nSPS) is 25.7. The van der Waals surface area contributed by atoms with Crippen molar-refractivity contribution in [1.82, 2.24) is 9.80 Å². The molecular weight excluding hydrogens is 218 g/mol. The minimum absolute atomic E-state index is 0.0756. The number of amides is 1. The monoisotopic (exact) mass is 243 g/mol. The van der Waals surface area contributed by atoms with E-state index in [1.165, 1.54) is 0 Å². The van der Waals surface area contributed by atoms with Crippen molar-refractivity contribution in [2.45, 2.75) is 45.4 Å². The third-order valence-corrected chi connectivity index (χ3v) is 3.11. The molecule has 1 fully saturated rings. The smallest absolute Gasteiger partial charge is 0.224 e. The lowest BCUT2D eigenvalue weighted by Gasteiger charge is -2.40. The van der Waals surface area contributed by atoms with Crippen LogP contribution in [0.4, 0.5) is 0 Å². The molecule has 0 spiro atoms. The van der Waals surface area contributed by atoms with Gasteiger partial charge in [-0.25, -0.2) is 0 Å². The van der Waals surface area contributed by atoms with Gasteiger partial charge in [0.15, 0.2) is 0 Å². The number of β-amino-alcohol motifs (C(OH)–C–C–N with tert-alkyl or cyclic N) is 1. The second kappa shape index (κ2) is 6.33. The molecule has 1 amide bonds. The van der Waals surface area contributed by atoms with Crippen LogP contribution in [-0.2, 0) is 4.79 Å². The van der Waals surface area contributed by atoms with Gasteiger partial charge in [-0.1, -0.05) is 0 Å². The molecule has 5 heteroatoms. The highest BCUT2D eigenvalue weighted by Crippen LogP contribution is 2.11. The van der Waals surface area contributed by atoms with Crippen molar-refractivity contribution < 1.29 is 9.90 Å². The largest absolute Gasteiger partial charge is 0.392 e. The third-order valence-electron chi connectivity index (χ3n) is 3.11. The summed E-state index contributed by atoms with van der Waals surface area (Å²) in [6, 6.07) is 0.226. The second-order valence-corrected chi connectivity index (χ2v) is 5.21. The van der Waals surface area contributed by atoms with Crippen LogP contribution in [0.5, 0.6) is 0 Å². The van der Waals surface area contributed by atoms with E-state index >= 15 is 0 Å². The van der Waals surface area contributed by atoms with Crippen molar-refractivity contribution in [3.63, 3.8) is 0 Å². The Morgan fingerprint density at radius 3 is 2.59 bits per heavy atom. The average molecular weight is 243 g/mol. The van der Waals surface area contributed by atoms with E-state index < -0.39 is 0 Å².